The van der Waals surface area contributed by atoms with Gasteiger partial charge in [-0.1, -0.05) is 0 Å². The van der Waals surface area contributed by atoms with Crippen LogP contribution >= 0.6 is 0 Å². The van der Waals surface area contributed by atoms with E-state index < -0.39 is 0 Å². The van der Waals surface area contributed by atoms with Gasteiger partial charge in [-0.3, -0.25) is 0 Å². The van der Waals surface area contributed by atoms with E-state index in [-0.39, 0.29) is 22.8 Å². The Morgan fingerprint density at radius 1 is 1.56 bits per heavy atom. The fourth-order valence-corrected chi connectivity index (χ4v) is 1.05. The third-order valence-electron chi connectivity index (χ3n) is 1.21. The Morgan fingerprint density at radius 2 is 2.22 bits per heavy atom. The molecule has 0 spiro atoms. The van der Waals surface area contributed by atoms with Crippen molar-refractivity contribution in [3.63, 3.8) is 0 Å². The maximum atomic E-state index is 10.5. The molecule has 9 heavy (non-hydrogen) atoms. The van der Waals surface area contributed by atoms with Crippen LogP contribution in [0.25, 0.3) is 0 Å². The van der Waals surface area contributed by atoms with Crippen LogP contribution in [0.5, 0.6) is 0 Å². The summed E-state index contributed by atoms with van der Waals surface area (Å²) in [6, 6.07) is 0. The summed E-state index contributed by atoms with van der Waals surface area (Å²) in [4.78, 5) is 10.5. The molecule has 0 aromatic rings. The third-order valence-corrected chi connectivity index (χ3v) is 2.17. The predicted molar refractivity (Wildman–Crippen MR) is 40.2 cm³/mol. The van der Waals surface area contributed by atoms with Crippen molar-refractivity contribution >= 4 is 22.8 Å². The fourth-order valence-electron chi connectivity index (χ4n) is 0.621. The summed E-state index contributed by atoms with van der Waals surface area (Å²) in [5, 5.41) is 0. The first kappa shape index (κ1) is 9.01. The third kappa shape index (κ3) is 5.89. The molecule has 0 heterocycles. The normalized spacial score (nSPS) is 9.44. The van der Waals surface area contributed by atoms with Crippen LogP contribution in [-0.4, -0.2) is 22.8 Å². The van der Waals surface area contributed by atoms with Crippen molar-refractivity contribution in [3.8, 4) is 0 Å². The maximum absolute atomic E-state index is 10.5. The van der Waals surface area contributed by atoms with Crippen molar-refractivity contribution in [2.75, 3.05) is 0 Å². The van der Waals surface area contributed by atoms with Gasteiger partial charge in [0.2, 0.25) is 0 Å². The minimum atomic E-state index is -0.0107. The number of hydrogen-bond donors (Lipinski definition) is 0. The average molecular weight is 191 g/mol. The molecule has 0 aromatic heterocycles. The molecule has 0 aliphatic rings. The molecule has 0 aromatic carbocycles. The summed E-state index contributed by atoms with van der Waals surface area (Å²) in [6.45, 7) is 2.12. The van der Waals surface area contributed by atoms with E-state index in [1.54, 1.807) is 0 Å². The molecule has 0 unspecified atom stereocenters. The zero-order valence-electron chi connectivity index (χ0n) is 6.14. The molecule has 0 bridgehead atoms. The Bertz CT molecular complexity index is 83.1. The van der Waals surface area contributed by atoms with Crippen LogP contribution in [0, 0.1) is 0 Å². The second-order valence-electron chi connectivity index (χ2n) is 2.03. The molecule has 0 amide bonds. The first-order valence-electron chi connectivity index (χ1n) is 3.38. The van der Waals surface area contributed by atoms with Crippen LogP contribution < -0.4 is 0 Å². The van der Waals surface area contributed by atoms with Crippen molar-refractivity contribution in [2.45, 2.75) is 32.6 Å². The number of hydrogen-bond acceptors (Lipinski definition) is 2. The first-order chi connectivity index (χ1) is 4.31. The van der Waals surface area contributed by atoms with Gasteiger partial charge in [-0.25, -0.2) is 0 Å². The van der Waals surface area contributed by atoms with Gasteiger partial charge in [0.25, 0.3) is 0 Å². The Kier molecular flexibility index (Phi) is 6.15. The van der Waals surface area contributed by atoms with E-state index in [1.807, 2.05) is 0 Å². The molecule has 0 aliphatic carbocycles. The molecule has 0 saturated heterocycles. The van der Waals surface area contributed by atoms with Gasteiger partial charge in [-0.15, -0.1) is 0 Å². The number of unbranched alkanes of at least 4 members (excludes halogenated alkanes) is 2. The van der Waals surface area contributed by atoms with Crippen LogP contribution in [0.3, 0.4) is 0 Å². The molecule has 0 rings (SSSR count). The van der Waals surface area contributed by atoms with Crippen LogP contribution in [0.15, 0.2) is 0 Å². The molecule has 0 saturated carbocycles. The van der Waals surface area contributed by atoms with Crippen molar-refractivity contribution in [2.24, 2.45) is 0 Å². The first-order valence-corrected chi connectivity index (χ1v) is 5.09. The SMILES string of the molecule is CCCCCC(=O)[O][GeH3]. The molecular formula is C6H14GeO2. The molecule has 0 N–H and O–H groups in total. The van der Waals surface area contributed by atoms with Crippen LogP contribution in [-0.2, 0) is 8.56 Å². The zero-order chi connectivity index (χ0) is 7.11. The summed E-state index contributed by atoms with van der Waals surface area (Å²) in [6.07, 6.45) is 3.92. The van der Waals surface area contributed by atoms with Gasteiger partial charge >= 0.3 is 64.0 Å². The van der Waals surface area contributed by atoms with Crippen molar-refractivity contribution < 1.29 is 8.56 Å². The van der Waals surface area contributed by atoms with Crippen LogP contribution in [0.4, 0.5) is 0 Å². The second kappa shape index (κ2) is 6.14. The molecular weight excluding hydrogens is 177 g/mol. The summed E-state index contributed by atoms with van der Waals surface area (Å²) >= 11 is 0.232. The van der Waals surface area contributed by atoms with Crippen molar-refractivity contribution in [3.05, 3.63) is 0 Å². The summed E-state index contributed by atoms with van der Waals surface area (Å²) < 4.78 is 4.65. The standard InChI is InChI=1S/C6H14GeO2/c1-2-3-4-5-6(8)9-7/h2-5H2,1,7H3. The molecule has 0 atom stereocenters. The van der Waals surface area contributed by atoms with Gasteiger partial charge in [-0.05, 0) is 0 Å². The van der Waals surface area contributed by atoms with E-state index in [4.69, 9.17) is 0 Å². The van der Waals surface area contributed by atoms with Gasteiger partial charge < -0.3 is 0 Å². The van der Waals surface area contributed by atoms with E-state index >= 15 is 0 Å². The topological polar surface area (TPSA) is 26.3 Å². The second-order valence-corrected chi connectivity index (χ2v) is 2.89. The number of carbonyl (C=O) groups excluding carboxylic acids is 1. The molecule has 54 valence electrons. The van der Waals surface area contributed by atoms with Gasteiger partial charge in [0.1, 0.15) is 0 Å². The average Bonchev–Trinajstić information content (AvgIpc) is 1.89. The molecule has 0 aliphatic heterocycles. The number of carbonyl (C=O) groups is 1. The monoisotopic (exact) mass is 192 g/mol. The van der Waals surface area contributed by atoms with Crippen molar-refractivity contribution in [1.82, 2.24) is 0 Å². The molecule has 0 fully saturated rings. The Balaban J connectivity index is 2.97. The Hall–Kier alpha value is 0.0129. The van der Waals surface area contributed by atoms with E-state index in [9.17, 15) is 4.79 Å². The minimum absolute atomic E-state index is 0.0107. The Labute approximate surface area is 64.5 Å². The molecule has 2 nitrogen and oxygen atoms in total. The van der Waals surface area contributed by atoms with Gasteiger partial charge in [0.15, 0.2) is 0 Å². The summed E-state index contributed by atoms with van der Waals surface area (Å²) in [7, 11) is 0. The molecule has 3 heteroatoms. The van der Waals surface area contributed by atoms with Crippen molar-refractivity contribution in [1.29, 1.82) is 0 Å². The molecule has 0 radical (unpaired) electrons. The van der Waals surface area contributed by atoms with E-state index in [0.717, 1.165) is 12.8 Å². The van der Waals surface area contributed by atoms with Gasteiger partial charge in [-0.2, -0.15) is 0 Å². The van der Waals surface area contributed by atoms with Gasteiger partial charge in [0.05, 0.1) is 0 Å². The van der Waals surface area contributed by atoms with E-state index in [1.165, 1.54) is 6.42 Å². The van der Waals surface area contributed by atoms with Crippen LogP contribution in [0.1, 0.15) is 32.6 Å². The summed E-state index contributed by atoms with van der Waals surface area (Å²) in [5.41, 5.74) is 0. The fraction of sp³-hybridized carbons (Fsp3) is 0.833. The predicted octanol–water partition coefficient (Wildman–Crippen LogP) is 0.390. The summed E-state index contributed by atoms with van der Waals surface area (Å²) in [5.74, 6) is -0.0107. The zero-order valence-corrected chi connectivity index (χ0v) is 10.3. The van der Waals surface area contributed by atoms with E-state index in [2.05, 4.69) is 10.7 Å². The Morgan fingerprint density at radius 3 is 2.67 bits per heavy atom. The van der Waals surface area contributed by atoms with E-state index in [0.29, 0.717) is 6.42 Å². The van der Waals surface area contributed by atoms with Gasteiger partial charge in [0, 0.05) is 0 Å². The quantitative estimate of drug-likeness (QED) is 0.474. The van der Waals surface area contributed by atoms with Crippen LogP contribution in [0.2, 0.25) is 0 Å². The number of rotatable bonds is 4.